The molecule has 0 radical (unpaired) electrons. The normalized spacial score (nSPS) is 49.2. The van der Waals surface area contributed by atoms with Gasteiger partial charge in [-0.25, -0.2) is 0 Å². The third-order valence-electron chi connectivity index (χ3n) is 2.24. The molecule has 5 atom stereocenters. The van der Waals surface area contributed by atoms with Gasteiger partial charge in [0.1, 0.15) is 12.2 Å². The van der Waals surface area contributed by atoms with Gasteiger partial charge in [0.05, 0.1) is 12.7 Å². The van der Waals surface area contributed by atoms with Crippen LogP contribution in [-0.4, -0.2) is 51.6 Å². The molecule has 1 fully saturated rings. The highest BCUT2D eigenvalue weighted by atomic mass is 16.6. The summed E-state index contributed by atoms with van der Waals surface area (Å²) in [5.41, 5.74) is 0. The molecule has 0 saturated carbocycles. The van der Waals surface area contributed by atoms with Crippen LogP contribution in [-0.2, 0) is 4.74 Å². The Bertz CT molecular complexity index is 146. The van der Waals surface area contributed by atoms with E-state index in [2.05, 4.69) is 0 Å². The minimum absolute atomic E-state index is 0.366. The highest BCUT2D eigenvalue weighted by Crippen LogP contribution is 2.24. The van der Waals surface area contributed by atoms with E-state index in [0.29, 0.717) is 0 Å². The second-order valence-electron chi connectivity index (χ2n) is 3.09. The molecule has 12 heavy (non-hydrogen) atoms. The lowest BCUT2D eigenvalue weighted by molar-refractivity contribution is -0.271. The Morgan fingerprint density at radius 2 is 1.75 bits per heavy atom. The molecule has 72 valence electrons. The van der Waals surface area contributed by atoms with Crippen molar-refractivity contribution in [1.82, 2.24) is 0 Å². The number of rotatable bonds is 1. The van der Waals surface area contributed by atoms with Gasteiger partial charge in [0.25, 0.3) is 0 Å². The predicted molar refractivity (Wildman–Crippen MR) is 39.1 cm³/mol. The number of hydrogen-bond donors (Lipinski definition) is 4. The van der Waals surface area contributed by atoms with Gasteiger partial charge in [-0.2, -0.15) is 0 Å². The molecule has 1 rings (SSSR count). The monoisotopic (exact) mass is 178 g/mol. The van der Waals surface area contributed by atoms with Gasteiger partial charge in [-0.05, 0) is 0 Å². The third kappa shape index (κ3) is 1.60. The van der Waals surface area contributed by atoms with Crippen LogP contribution < -0.4 is 0 Å². The fourth-order valence-corrected chi connectivity index (χ4v) is 1.29. The Morgan fingerprint density at radius 1 is 1.17 bits per heavy atom. The van der Waals surface area contributed by atoms with Crippen LogP contribution in [0.5, 0.6) is 0 Å². The van der Waals surface area contributed by atoms with Gasteiger partial charge >= 0.3 is 0 Å². The first-order valence-corrected chi connectivity index (χ1v) is 3.88. The minimum atomic E-state index is -1.32. The molecule has 1 aliphatic rings. The van der Waals surface area contributed by atoms with Crippen molar-refractivity contribution in [2.45, 2.75) is 31.5 Å². The second-order valence-corrected chi connectivity index (χ2v) is 3.09. The van der Waals surface area contributed by atoms with Gasteiger partial charge in [0.15, 0.2) is 6.29 Å². The van der Waals surface area contributed by atoms with Crippen LogP contribution in [0.3, 0.4) is 0 Å². The van der Waals surface area contributed by atoms with Crippen molar-refractivity contribution in [3.63, 3.8) is 0 Å². The number of aliphatic hydroxyl groups is 4. The van der Waals surface area contributed by atoms with E-state index in [1.54, 1.807) is 6.92 Å². The molecule has 0 bridgehead atoms. The van der Waals surface area contributed by atoms with E-state index >= 15 is 0 Å². The molecule has 5 nitrogen and oxygen atoms in total. The summed E-state index contributed by atoms with van der Waals surface area (Å²) < 4.78 is 4.74. The summed E-state index contributed by atoms with van der Waals surface area (Å²) in [4.78, 5) is 0. The van der Waals surface area contributed by atoms with Gasteiger partial charge in [0.2, 0.25) is 0 Å². The molecule has 1 heterocycles. The lowest BCUT2D eigenvalue weighted by atomic mass is 9.91. The summed E-state index contributed by atoms with van der Waals surface area (Å²) in [5, 5.41) is 36.4. The lowest BCUT2D eigenvalue weighted by Gasteiger charge is -2.38. The topological polar surface area (TPSA) is 90.2 Å². The first kappa shape index (κ1) is 9.88. The summed E-state index contributed by atoms with van der Waals surface area (Å²) >= 11 is 0. The summed E-state index contributed by atoms with van der Waals surface area (Å²) in [5.74, 6) is -0.495. The van der Waals surface area contributed by atoms with E-state index in [-0.39, 0.29) is 6.61 Å². The van der Waals surface area contributed by atoms with Gasteiger partial charge in [-0.15, -0.1) is 0 Å². The van der Waals surface area contributed by atoms with Crippen molar-refractivity contribution in [2.75, 3.05) is 6.61 Å². The highest BCUT2D eigenvalue weighted by Gasteiger charge is 2.40. The van der Waals surface area contributed by atoms with Crippen LogP contribution in [0.1, 0.15) is 6.92 Å². The van der Waals surface area contributed by atoms with E-state index in [1.807, 2.05) is 0 Å². The molecule has 0 aromatic carbocycles. The zero-order valence-electron chi connectivity index (χ0n) is 6.79. The Hall–Kier alpha value is -0.200. The van der Waals surface area contributed by atoms with Gasteiger partial charge in [-0.3, -0.25) is 0 Å². The fraction of sp³-hybridized carbons (Fsp3) is 1.00. The van der Waals surface area contributed by atoms with Crippen LogP contribution in [0.2, 0.25) is 0 Å². The first-order chi connectivity index (χ1) is 5.57. The Labute approximate surface area is 70.2 Å². The smallest absolute Gasteiger partial charge is 0.181 e. The van der Waals surface area contributed by atoms with Crippen molar-refractivity contribution in [1.29, 1.82) is 0 Å². The van der Waals surface area contributed by atoms with E-state index in [1.165, 1.54) is 0 Å². The number of hydrogen-bond acceptors (Lipinski definition) is 5. The van der Waals surface area contributed by atoms with E-state index in [4.69, 9.17) is 14.9 Å². The molecule has 0 aromatic heterocycles. The molecular formula is C7H14O5. The molecule has 1 aliphatic heterocycles. The Balaban J connectivity index is 2.63. The molecule has 5 heteroatoms. The Kier molecular flexibility index (Phi) is 3.03. The van der Waals surface area contributed by atoms with Crippen LogP contribution >= 0.6 is 0 Å². The summed E-state index contributed by atoms with van der Waals surface area (Å²) in [6.07, 6.45) is -4.16. The van der Waals surface area contributed by atoms with Gasteiger partial charge in [-0.1, -0.05) is 6.92 Å². The van der Waals surface area contributed by atoms with Crippen LogP contribution in [0.25, 0.3) is 0 Å². The fourth-order valence-electron chi connectivity index (χ4n) is 1.29. The maximum Gasteiger partial charge on any atom is 0.181 e. The number of aliphatic hydroxyl groups excluding tert-OH is 4. The van der Waals surface area contributed by atoms with Crippen molar-refractivity contribution in [3.05, 3.63) is 0 Å². The number of ether oxygens (including phenoxy) is 1. The van der Waals surface area contributed by atoms with Crippen molar-refractivity contribution in [3.8, 4) is 0 Å². The molecule has 0 amide bonds. The molecular weight excluding hydrogens is 164 g/mol. The zero-order valence-corrected chi connectivity index (χ0v) is 6.79. The summed E-state index contributed by atoms with van der Waals surface area (Å²) in [6, 6.07) is 0. The van der Waals surface area contributed by atoms with Gasteiger partial charge in [0, 0.05) is 5.92 Å². The predicted octanol–water partition coefficient (Wildman–Crippen LogP) is -1.95. The van der Waals surface area contributed by atoms with E-state index < -0.39 is 30.5 Å². The molecule has 0 aromatic rings. The average Bonchev–Trinajstić information content (AvgIpc) is 2.08. The average molecular weight is 178 g/mol. The minimum Gasteiger partial charge on any atom is -0.394 e. The van der Waals surface area contributed by atoms with Crippen LogP contribution in [0, 0.1) is 5.92 Å². The largest absolute Gasteiger partial charge is 0.394 e. The highest BCUT2D eigenvalue weighted by molar-refractivity contribution is 4.85. The molecule has 4 N–H and O–H groups in total. The lowest BCUT2D eigenvalue weighted by Crippen LogP contribution is -2.54. The van der Waals surface area contributed by atoms with Crippen LogP contribution in [0.15, 0.2) is 0 Å². The maximum absolute atomic E-state index is 9.37. The molecule has 1 saturated heterocycles. The molecule has 0 aliphatic carbocycles. The maximum atomic E-state index is 9.37. The van der Waals surface area contributed by atoms with Crippen molar-refractivity contribution < 1.29 is 25.2 Å². The molecule has 0 spiro atoms. The van der Waals surface area contributed by atoms with E-state index in [9.17, 15) is 10.2 Å². The third-order valence-corrected chi connectivity index (χ3v) is 2.24. The Morgan fingerprint density at radius 3 is 2.25 bits per heavy atom. The SMILES string of the molecule is C[C@@H]1[C@@H](O)[C@H](O)O[C@H](CO)[C@H]1O. The summed E-state index contributed by atoms with van der Waals surface area (Å²) in [6.45, 7) is 1.22. The van der Waals surface area contributed by atoms with Crippen LogP contribution in [0.4, 0.5) is 0 Å². The van der Waals surface area contributed by atoms with E-state index in [0.717, 1.165) is 0 Å². The van der Waals surface area contributed by atoms with Crippen molar-refractivity contribution >= 4 is 0 Å². The van der Waals surface area contributed by atoms with Crippen molar-refractivity contribution in [2.24, 2.45) is 5.92 Å². The second kappa shape index (κ2) is 3.68. The zero-order chi connectivity index (χ0) is 9.30. The standard InChI is InChI=1S/C7H14O5/c1-3-5(9)4(2-8)12-7(11)6(3)10/h3-11H,2H2,1H3/t3-,4+,5-,6+,7+/m0/s1. The first-order valence-electron chi connectivity index (χ1n) is 3.88. The molecule has 0 unspecified atom stereocenters. The quantitative estimate of drug-likeness (QED) is 0.375. The summed E-state index contributed by atoms with van der Waals surface area (Å²) in [7, 11) is 0. The van der Waals surface area contributed by atoms with Gasteiger partial charge < -0.3 is 25.2 Å².